The number of hydrogen-bond acceptors (Lipinski definition) is 4. The molecule has 1 saturated carbocycles. The van der Waals surface area contributed by atoms with Crippen molar-refractivity contribution < 1.29 is 4.92 Å². The van der Waals surface area contributed by atoms with E-state index in [4.69, 9.17) is 0 Å². The van der Waals surface area contributed by atoms with Crippen molar-refractivity contribution in [3.05, 3.63) is 27.9 Å². The quantitative estimate of drug-likeness (QED) is 0.659. The summed E-state index contributed by atoms with van der Waals surface area (Å²) in [4.78, 5) is 14.4. The number of nitrogens with one attached hydrogen (secondary N) is 1. The van der Waals surface area contributed by atoms with Gasteiger partial charge in [0.15, 0.2) is 0 Å². The van der Waals surface area contributed by atoms with Crippen LogP contribution in [0, 0.1) is 22.5 Å². The third-order valence-corrected chi connectivity index (χ3v) is 3.58. The Hall–Kier alpha value is -1.65. The topological polar surface area (TPSA) is 68.1 Å². The van der Waals surface area contributed by atoms with Gasteiger partial charge < -0.3 is 5.32 Å². The highest BCUT2D eigenvalue weighted by molar-refractivity contribution is 5.48. The van der Waals surface area contributed by atoms with Crippen molar-refractivity contribution in [3.8, 4) is 0 Å². The van der Waals surface area contributed by atoms with Crippen LogP contribution >= 0.6 is 0 Å². The first kappa shape index (κ1) is 12.8. The Bertz CT molecular complexity index is 471. The molecule has 1 aliphatic carbocycles. The van der Waals surface area contributed by atoms with Gasteiger partial charge >= 0.3 is 0 Å². The number of nitro groups is 1. The lowest BCUT2D eigenvalue weighted by Gasteiger charge is -2.18. The molecule has 2 rings (SSSR count). The normalized spacial score (nSPS) is 21.8. The van der Waals surface area contributed by atoms with Crippen molar-refractivity contribution in [3.63, 3.8) is 0 Å². The minimum atomic E-state index is -0.414. The van der Waals surface area contributed by atoms with E-state index in [2.05, 4.69) is 24.1 Å². The maximum absolute atomic E-state index is 10.6. The number of rotatable bonds is 3. The molecule has 5 heteroatoms. The van der Waals surface area contributed by atoms with E-state index in [1.165, 1.54) is 12.6 Å². The van der Waals surface area contributed by atoms with Gasteiger partial charge in [-0.05, 0) is 37.2 Å². The van der Waals surface area contributed by atoms with Crippen molar-refractivity contribution in [2.24, 2.45) is 5.41 Å². The van der Waals surface area contributed by atoms with Crippen LogP contribution in [0.3, 0.4) is 0 Å². The second-order valence-corrected chi connectivity index (χ2v) is 5.86. The molecule has 1 N–H and O–H groups in total. The number of anilines is 1. The summed E-state index contributed by atoms with van der Waals surface area (Å²) in [6.45, 7) is 6.39. The fourth-order valence-electron chi connectivity index (χ4n) is 2.56. The van der Waals surface area contributed by atoms with Gasteiger partial charge in [0.1, 0.15) is 12.0 Å². The molecule has 98 valence electrons. The van der Waals surface area contributed by atoms with Gasteiger partial charge in [0.05, 0.1) is 4.92 Å². The molecule has 0 bridgehead atoms. The minimum Gasteiger partial charge on any atom is -0.367 e. The Morgan fingerprint density at radius 1 is 1.56 bits per heavy atom. The molecule has 0 amide bonds. The predicted molar refractivity (Wildman–Crippen MR) is 70.7 cm³/mol. The molecule has 1 heterocycles. The zero-order valence-electron chi connectivity index (χ0n) is 11.1. The van der Waals surface area contributed by atoms with E-state index in [0.717, 1.165) is 24.2 Å². The van der Waals surface area contributed by atoms with Crippen LogP contribution in [0.25, 0.3) is 0 Å². The van der Waals surface area contributed by atoms with E-state index in [9.17, 15) is 10.1 Å². The van der Waals surface area contributed by atoms with Crippen molar-refractivity contribution in [2.45, 2.75) is 46.1 Å². The highest BCUT2D eigenvalue weighted by atomic mass is 16.6. The average molecular weight is 249 g/mol. The molecule has 0 radical (unpaired) electrons. The number of pyridine rings is 1. The summed E-state index contributed by atoms with van der Waals surface area (Å²) in [5, 5.41) is 14.0. The standard InChI is InChI=1S/C13H19N3O2/c1-9-6-11(16(17)18)8-14-12(9)15-10-4-5-13(2,3)7-10/h6,8,10H,4-5,7H2,1-3H3,(H,14,15). The van der Waals surface area contributed by atoms with E-state index in [-0.39, 0.29) is 5.69 Å². The second-order valence-electron chi connectivity index (χ2n) is 5.86. The number of nitrogens with zero attached hydrogens (tertiary/aromatic N) is 2. The third kappa shape index (κ3) is 2.78. The maximum atomic E-state index is 10.6. The van der Waals surface area contributed by atoms with Crippen molar-refractivity contribution in [2.75, 3.05) is 5.32 Å². The Labute approximate surface area is 107 Å². The molecule has 1 aromatic rings. The summed E-state index contributed by atoms with van der Waals surface area (Å²) < 4.78 is 0. The predicted octanol–water partition coefficient (Wildman–Crippen LogP) is 3.29. The summed E-state index contributed by atoms with van der Waals surface area (Å²) in [7, 11) is 0. The van der Waals surface area contributed by atoms with E-state index in [1.54, 1.807) is 6.07 Å². The van der Waals surface area contributed by atoms with Crippen LogP contribution in [0.1, 0.15) is 38.7 Å². The fraction of sp³-hybridized carbons (Fsp3) is 0.615. The van der Waals surface area contributed by atoms with Crippen molar-refractivity contribution in [1.29, 1.82) is 0 Å². The molecule has 1 fully saturated rings. The first-order valence-electron chi connectivity index (χ1n) is 6.25. The molecular formula is C13H19N3O2. The third-order valence-electron chi connectivity index (χ3n) is 3.58. The molecule has 0 aromatic carbocycles. The Kier molecular flexibility index (Phi) is 3.24. The van der Waals surface area contributed by atoms with Crippen LogP contribution in [0.2, 0.25) is 0 Å². The van der Waals surface area contributed by atoms with Crippen molar-refractivity contribution >= 4 is 11.5 Å². The van der Waals surface area contributed by atoms with Crippen molar-refractivity contribution in [1.82, 2.24) is 4.98 Å². The van der Waals surface area contributed by atoms with Crippen LogP contribution in [0.4, 0.5) is 11.5 Å². The zero-order valence-corrected chi connectivity index (χ0v) is 11.1. The SMILES string of the molecule is Cc1cc([N+](=O)[O-])cnc1NC1CCC(C)(C)C1. The molecule has 18 heavy (non-hydrogen) atoms. The summed E-state index contributed by atoms with van der Waals surface area (Å²) in [5.41, 5.74) is 1.26. The summed E-state index contributed by atoms with van der Waals surface area (Å²) >= 11 is 0. The van der Waals surface area contributed by atoms with Gasteiger partial charge in [-0.3, -0.25) is 10.1 Å². The summed E-state index contributed by atoms with van der Waals surface area (Å²) in [6.07, 6.45) is 4.77. The lowest BCUT2D eigenvalue weighted by molar-refractivity contribution is -0.385. The molecular weight excluding hydrogens is 230 g/mol. The lowest BCUT2D eigenvalue weighted by Crippen LogP contribution is -2.19. The van der Waals surface area contributed by atoms with Crippen LogP contribution in [0.5, 0.6) is 0 Å². The maximum Gasteiger partial charge on any atom is 0.287 e. The smallest absolute Gasteiger partial charge is 0.287 e. The number of aromatic nitrogens is 1. The van der Waals surface area contributed by atoms with Gasteiger partial charge in [-0.2, -0.15) is 0 Å². The highest BCUT2D eigenvalue weighted by Gasteiger charge is 2.31. The van der Waals surface area contributed by atoms with Crippen LogP contribution in [-0.4, -0.2) is 15.9 Å². The monoisotopic (exact) mass is 249 g/mol. The Morgan fingerprint density at radius 2 is 2.28 bits per heavy atom. The first-order valence-corrected chi connectivity index (χ1v) is 6.25. The van der Waals surface area contributed by atoms with Crippen LogP contribution < -0.4 is 5.32 Å². The largest absolute Gasteiger partial charge is 0.367 e. The molecule has 0 spiro atoms. The van der Waals surface area contributed by atoms with Gasteiger partial charge in [-0.15, -0.1) is 0 Å². The van der Waals surface area contributed by atoms with Gasteiger partial charge in [0.2, 0.25) is 0 Å². The van der Waals surface area contributed by atoms with Gasteiger partial charge in [0.25, 0.3) is 5.69 Å². The van der Waals surface area contributed by atoms with Crippen LogP contribution in [0.15, 0.2) is 12.3 Å². The highest BCUT2D eigenvalue weighted by Crippen LogP contribution is 2.38. The van der Waals surface area contributed by atoms with Crippen LogP contribution in [-0.2, 0) is 0 Å². The van der Waals surface area contributed by atoms with Gasteiger partial charge in [-0.25, -0.2) is 4.98 Å². The number of aryl methyl sites for hydroxylation is 1. The molecule has 1 aliphatic rings. The first-order chi connectivity index (χ1) is 8.37. The van der Waals surface area contributed by atoms with Gasteiger partial charge in [-0.1, -0.05) is 13.8 Å². The van der Waals surface area contributed by atoms with E-state index >= 15 is 0 Å². The number of hydrogen-bond donors (Lipinski definition) is 1. The molecule has 0 saturated heterocycles. The fourth-order valence-corrected chi connectivity index (χ4v) is 2.56. The Morgan fingerprint density at radius 3 is 2.78 bits per heavy atom. The average Bonchev–Trinajstić information content (AvgIpc) is 2.61. The lowest BCUT2D eigenvalue weighted by atomic mass is 9.92. The molecule has 5 nitrogen and oxygen atoms in total. The zero-order chi connectivity index (χ0) is 13.3. The minimum absolute atomic E-state index is 0.0461. The molecule has 1 atom stereocenters. The summed E-state index contributed by atoms with van der Waals surface area (Å²) in [5.74, 6) is 0.767. The molecule has 0 aliphatic heterocycles. The van der Waals surface area contributed by atoms with E-state index in [0.29, 0.717) is 11.5 Å². The molecule has 1 aromatic heterocycles. The van der Waals surface area contributed by atoms with E-state index in [1.807, 2.05) is 6.92 Å². The van der Waals surface area contributed by atoms with E-state index < -0.39 is 4.92 Å². The Balaban J connectivity index is 2.09. The molecule has 1 unspecified atom stereocenters. The van der Waals surface area contributed by atoms with Gasteiger partial charge in [0, 0.05) is 12.1 Å². The summed E-state index contributed by atoms with van der Waals surface area (Å²) in [6, 6.07) is 1.99. The second kappa shape index (κ2) is 4.55.